The predicted molar refractivity (Wildman–Crippen MR) is 146 cm³/mol. The van der Waals surface area contributed by atoms with Crippen LogP contribution in [0.1, 0.15) is 11.1 Å². The van der Waals surface area contributed by atoms with E-state index in [-0.39, 0.29) is 69.4 Å². The lowest BCUT2D eigenvalue weighted by molar-refractivity contribution is -0.481. The molecule has 41 heavy (non-hydrogen) atoms. The molecule has 2 aromatic rings. The van der Waals surface area contributed by atoms with Gasteiger partial charge in [0.2, 0.25) is 10.0 Å². The Labute approximate surface area is 239 Å². The third kappa shape index (κ3) is 2.94. The van der Waals surface area contributed by atoms with Gasteiger partial charge in [-0.3, -0.25) is 4.79 Å². The average Bonchev–Trinajstić information content (AvgIpc) is 3.30. The number of nitrogens with zero attached hydrogens (tertiary/aromatic N) is 2. The molecule has 6 aliphatic carbocycles. The number of thiophene rings is 1. The smallest absolute Gasteiger partial charge is 0.287 e. The Morgan fingerprint density at radius 2 is 1.71 bits per heavy atom. The van der Waals surface area contributed by atoms with Gasteiger partial charge in [-0.1, -0.05) is 12.1 Å². The molecule has 10 rings (SSSR count). The second-order valence-corrected chi connectivity index (χ2v) is 16.8. The van der Waals surface area contributed by atoms with Crippen LogP contribution in [0.4, 0.5) is 9.39 Å². The highest BCUT2D eigenvalue weighted by atomic mass is 32.2. The second-order valence-electron chi connectivity index (χ2n) is 12.5. The quantitative estimate of drug-likeness (QED) is 0.452. The van der Waals surface area contributed by atoms with Gasteiger partial charge >= 0.3 is 0 Å². The summed E-state index contributed by atoms with van der Waals surface area (Å²) in [7, 11) is -7.88. The van der Waals surface area contributed by atoms with Crippen LogP contribution in [0.15, 0.2) is 50.3 Å². The fourth-order valence-corrected chi connectivity index (χ4v) is 12.9. The maximum atomic E-state index is 14.2. The van der Waals surface area contributed by atoms with Gasteiger partial charge in [0.15, 0.2) is 5.84 Å². The van der Waals surface area contributed by atoms with Crippen LogP contribution in [0.5, 0.6) is 0 Å². The topological polar surface area (TPSA) is 145 Å². The Hall–Kier alpha value is -2.81. The summed E-state index contributed by atoms with van der Waals surface area (Å²) in [5.41, 5.74) is 0.852. The molecule has 214 valence electrons. The standard InChI is InChI=1S/C27H25FN4O6S3/c1-40(35,36)29-6-10-8-39-26-24(10)41(37,38)31-25(30-26)21-23(33)20-18-14-12-13-16(14)19(17(13)15(12)18)22(20)32(27(21)34)7-9-2-4-11(28)5-3-9/h2-5,8,12-20,22,29,33H,6-7H2,1H3,(H,30,31). The van der Waals surface area contributed by atoms with Gasteiger partial charge in [-0.25, -0.2) is 17.5 Å². The number of sulfonamides is 2. The number of hydrogen-bond donors (Lipinski definition) is 3. The fourth-order valence-electron chi connectivity index (χ4n) is 9.93. The minimum absolute atomic E-state index is 0.0866. The molecular weight excluding hydrogens is 592 g/mol. The van der Waals surface area contributed by atoms with Crippen LogP contribution in [0.25, 0.3) is 0 Å². The van der Waals surface area contributed by atoms with Crippen molar-refractivity contribution in [3.05, 3.63) is 57.9 Å². The molecule has 2 aliphatic heterocycles. The Kier molecular flexibility index (Phi) is 4.57. The zero-order valence-corrected chi connectivity index (χ0v) is 24.0. The largest absolute Gasteiger partial charge is 0.511 e. The molecular formula is C27H25FN4O6S3. The summed E-state index contributed by atoms with van der Waals surface area (Å²) < 4.78 is 69.9. The van der Waals surface area contributed by atoms with Crippen molar-refractivity contribution in [3.63, 3.8) is 0 Å². The maximum absolute atomic E-state index is 14.2. The third-order valence-electron chi connectivity index (χ3n) is 11.0. The van der Waals surface area contributed by atoms with Gasteiger partial charge in [0, 0.05) is 30.6 Å². The van der Waals surface area contributed by atoms with Crippen molar-refractivity contribution in [3.8, 4) is 0 Å². The molecule has 6 unspecified atom stereocenters. The van der Waals surface area contributed by atoms with Crippen molar-refractivity contribution in [1.82, 2.24) is 9.62 Å². The Bertz CT molecular complexity index is 1850. The highest BCUT2D eigenvalue weighted by Crippen LogP contribution is 2.93. The first-order valence-corrected chi connectivity index (χ1v) is 17.8. The van der Waals surface area contributed by atoms with Crippen LogP contribution >= 0.6 is 11.3 Å². The number of amidine groups is 1. The number of anilines is 1. The van der Waals surface area contributed by atoms with E-state index >= 15 is 0 Å². The second kappa shape index (κ2) is 7.57. The summed E-state index contributed by atoms with van der Waals surface area (Å²) in [6, 6.07) is 5.81. The summed E-state index contributed by atoms with van der Waals surface area (Å²) in [6.07, 6.45) is 0.983. The first-order valence-electron chi connectivity index (χ1n) is 13.6. The van der Waals surface area contributed by atoms with Crippen LogP contribution in [0.3, 0.4) is 0 Å². The SMILES string of the molecule is CS(=O)(=O)NCc1csc2c1S(=O)(=O)N=C(C1=C(O)C3C4C5C6C4C4C6C5C4C3N(Cc3ccc(F)cc3)C1=O)N2. The molecule has 8 aliphatic rings. The van der Waals surface area contributed by atoms with Gasteiger partial charge in [-0.15, -0.1) is 15.7 Å². The number of aliphatic hydroxyl groups is 1. The first-order chi connectivity index (χ1) is 19.5. The van der Waals surface area contributed by atoms with E-state index in [4.69, 9.17) is 0 Å². The minimum atomic E-state index is -4.32. The Morgan fingerprint density at radius 1 is 1.07 bits per heavy atom. The lowest BCUT2D eigenvalue weighted by Gasteiger charge is -2.95. The summed E-state index contributed by atoms with van der Waals surface area (Å²) in [5.74, 6) is 2.92. The van der Waals surface area contributed by atoms with Crippen LogP contribution < -0.4 is 10.0 Å². The van der Waals surface area contributed by atoms with Crippen molar-refractivity contribution in [1.29, 1.82) is 0 Å². The van der Waals surface area contributed by atoms with Gasteiger partial charge in [-0.05, 0) is 70.4 Å². The first kappa shape index (κ1) is 24.8. The lowest BCUT2D eigenvalue weighted by atomic mass is 9.10. The Morgan fingerprint density at radius 3 is 2.37 bits per heavy atom. The van der Waals surface area contributed by atoms with E-state index < -0.39 is 26.0 Å². The van der Waals surface area contributed by atoms with Gasteiger partial charge in [0.1, 0.15) is 27.0 Å². The van der Waals surface area contributed by atoms with E-state index in [1.165, 1.54) is 17.5 Å². The highest BCUT2D eigenvalue weighted by Gasteiger charge is 2.92. The summed E-state index contributed by atoms with van der Waals surface area (Å²) in [6.45, 7) is -0.0103. The number of carbonyl (C=O) groups excluding carboxylic acids is 1. The number of halogens is 1. The molecule has 0 saturated heterocycles. The predicted octanol–water partition coefficient (Wildman–Crippen LogP) is 2.29. The number of fused-ring (bicyclic) bond motifs is 1. The molecule has 6 fully saturated rings. The molecule has 3 N–H and O–H groups in total. The van der Waals surface area contributed by atoms with E-state index in [9.17, 15) is 31.1 Å². The highest BCUT2D eigenvalue weighted by molar-refractivity contribution is 7.91. The molecule has 3 heterocycles. The van der Waals surface area contributed by atoms with E-state index in [1.54, 1.807) is 17.0 Å². The van der Waals surface area contributed by atoms with E-state index in [0.29, 0.717) is 29.6 Å². The normalized spacial score (nSPS) is 39.7. The number of hydrogen-bond acceptors (Lipinski definition) is 8. The number of aliphatic hydroxyl groups excluding tert-OH is 1. The van der Waals surface area contributed by atoms with Crippen molar-refractivity contribution in [2.75, 3.05) is 11.6 Å². The molecule has 6 saturated carbocycles. The van der Waals surface area contributed by atoms with Crippen LogP contribution in [0, 0.1) is 59.1 Å². The fraction of sp³-hybridized carbons (Fsp3) is 0.481. The average molecular weight is 617 g/mol. The van der Waals surface area contributed by atoms with Crippen molar-refractivity contribution < 1.29 is 31.1 Å². The lowest BCUT2D eigenvalue weighted by Crippen LogP contribution is -2.94. The molecule has 6 atom stereocenters. The maximum Gasteiger partial charge on any atom is 0.287 e. The molecule has 1 amide bonds. The number of benzene rings is 1. The van der Waals surface area contributed by atoms with Crippen LogP contribution in [0.2, 0.25) is 0 Å². The van der Waals surface area contributed by atoms with Gasteiger partial charge in [-0.2, -0.15) is 8.42 Å². The van der Waals surface area contributed by atoms with Crippen LogP contribution in [-0.2, 0) is 37.9 Å². The van der Waals surface area contributed by atoms with E-state index in [1.807, 2.05) is 0 Å². The molecule has 2 bridgehead atoms. The van der Waals surface area contributed by atoms with E-state index in [0.717, 1.165) is 35.0 Å². The van der Waals surface area contributed by atoms with Crippen molar-refractivity contribution >= 4 is 48.1 Å². The number of carbonyl (C=O) groups is 1. The van der Waals surface area contributed by atoms with Gasteiger partial charge in [0.25, 0.3) is 15.9 Å². The number of amides is 1. The van der Waals surface area contributed by atoms with Crippen molar-refractivity contribution in [2.24, 2.45) is 57.7 Å². The van der Waals surface area contributed by atoms with Gasteiger partial charge in [0.05, 0.1) is 6.26 Å². The van der Waals surface area contributed by atoms with Crippen molar-refractivity contribution in [2.45, 2.75) is 24.0 Å². The van der Waals surface area contributed by atoms with Crippen LogP contribution in [-0.4, -0.2) is 50.9 Å². The number of rotatable bonds is 6. The van der Waals surface area contributed by atoms with Gasteiger partial charge < -0.3 is 15.3 Å². The monoisotopic (exact) mass is 616 g/mol. The molecule has 1 aromatic carbocycles. The molecule has 14 heteroatoms. The molecule has 1 aromatic heterocycles. The zero-order valence-electron chi connectivity index (χ0n) is 21.6. The van der Waals surface area contributed by atoms with E-state index in [2.05, 4.69) is 14.4 Å². The number of nitrogens with one attached hydrogen (secondary N) is 2. The summed E-state index contributed by atoms with van der Waals surface area (Å²) in [5, 5.41) is 16.5. The molecule has 10 nitrogen and oxygen atoms in total. The summed E-state index contributed by atoms with van der Waals surface area (Å²) >= 11 is 1.06. The molecule has 0 spiro atoms. The molecule has 0 radical (unpaired) electrons. The third-order valence-corrected chi connectivity index (χ3v) is 14.2. The zero-order chi connectivity index (χ0) is 28.3. The Balaban J connectivity index is 1.12. The summed E-state index contributed by atoms with van der Waals surface area (Å²) in [4.78, 5) is 15.9. The minimum Gasteiger partial charge on any atom is -0.511 e.